The SMILES string of the molecule is O=C(c1ccc(Cn2cccn2)o1)N1CCC2(CCCCC2)C1. The number of carbonyl (C=O) groups excluding carboxylic acids is 1. The van der Waals surface area contributed by atoms with Crippen LogP contribution >= 0.6 is 0 Å². The van der Waals surface area contributed by atoms with Crippen LogP contribution in [0.2, 0.25) is 0 Å². The number of hydrogen-bond acceptors (Lipinski definition) is 3. The molecule has 1 aliphatic carbocycles. The first-order valence-electron chi connectivity index (χ1n) is 8.60. The minimum absolute atomic E-state index is 0.0409. The predicted octanol–water partition coefficient (Wildman–Crippen LogP) is 3.32. The summed E-state index contributed by atoms with van der Waals surface area (Å²) in [6.07, 6.45) is 11.3. The Morgan fingerprint density at radius 3 is 2.87 bits per heavy atom. The van der Waals surface area contributed by atoms with Crippen molar-refractivity contribution in [2.75, 3.05) is 13.1 Å². The Kier molecular flexibility index (Phi) is 3.71. The molecule has 122 valence electrons. The van der Waals surface area contributed by atoms with Crippen LogP contribution in [0, 0.1) is 5.41 Å². The Balaban J connectivity index is 1.42. The summed E-state index contributed by atoms with van der Waals surface area (Å²) in [4.78, 5) is 14.7. The van der Waals surface area contributed by atoms with Crippen LogP contribution in [0.25, 0.3) is 0 Å². The molecule has 0 N–H and O–H groups in total. The molecule has 0 bridgehead atoms. The molecule has 5 nitrogen and oxygen atoms in total. The van der Waals surface area contributed by atoms with Gasteiger partial charge in [0.05, 0.1) is 6.54 Å². The first kappa shape index (κ1) is 14.5. The molecule has 1 amide bonds. The van der Waals surface area contributed by atoms with Crippen LogP contribution < -0.4 is 0 Å². The third kappa shape index (κ3) is 2.92. The molecule has 0 aromatic carbocycles. The van der Waals surface area contributed by atoms with Crippen molar-refractivity contribution in [1.29, 1.82) is 0 Å². The summed E-state index contributed by atoms with van der Waals surface area (Å²) in [7, 11) is 0. The second kappa shape index (κ2) is 5.87. The zero-order valence-corrected chi connectivity index (χ0v) is 13.4. The summed E-state index contributed by atoms with van der Waals surface area (Å²) in [6, 6.07) is 5.55. The van der Waals surface area contributed by atoms with E-state index in [-0.39, 0.29) is 5.91 Å². The summed E-state index contributed by atoms with van der Waals surface area (Å²) in [5.41, 5.74) is 0.387. The fraction of sp³-hybridized carbons (Fsp3) is 0.556. The maximum atomic E-state index is 12.7. The molecule has 1 saturated heterocycles. The molecule has 4 rings (SSSR count). The Bertz CT molecular complexity index is 668. The number of amides is 1. The molecule has 23 heavy (non-hydrogen) atoms. The first-order valence-corrected chi connectivity index (χ1v) is 8.60. The molecule has 2 aromatic heterocycles. The normalized spacial score (nSPS) is 20.3. The summed E-state index contributed by atoms with van der Waals surface area (Å²) < 4.78 is 7.55. The van der Waals surface area contributed by atoms with Crippen LogP contribution in [0.5, 0.6) is 0 Å². The first-order chi connectivity index (χ1) is 11.2. The Morgan fingerprint density at radius 2 is 2.09 bits per heavy atom. The van der Waals surface area contributed by atoms with Crippen LogP contribution in [-0.2, 0) is 6.54 Å². The second-order valence-electron chi connectivity index (χ2n) is 7.01. The largest absolute Gasteiger partial charge is 0.454 e. The van der Waals surface area contributed by atoms with E-state index < -0.39 is 0 Å². The van der Waals surface area contributed by atoms with Gasteiger partial charge in [0.15, 0.2) is 5.76 Å². The van der Waals surface area contributed by atoms with E-state index in [0.29, 0.717) is 17.7 Å². The van der Waals surface area contributed by atoms with Gasteiger partial charge < -0.3 is 9.32 Å². The van der Waals surface area contributed by atoms with Gasteiger partial charge in [-0.2, -0.15) is 5.10 Å². The van der Waals surface area contributed by atoms with Gasteiger partial charge in [0.2, 0.25) is 0 Å². The van der Waals surface area contributed by atoms with Crippen molar-refractivity contribution >= 4 is 5.91 Å². The van der Waals surface area contributed by atoms with Crippen molar-refractivity contribution in [2.45, 2.75) is 45.1 Å². The molecule has 1 aliphatic heterocycles. The number of rotatable bonds is 3. The highest BCUT2D eigenvalue weighted by Gasteiger charge is 2.41. The van der Waals surface area contributed by atoms with Crippen molar-refractivity contribution < 1.29 is 9.21 Å². The van der Waals surface area contributed by atoms with E-state index in [1.165, 1.54) is 32.1 Å². The topological polar surface area (TPSA) is 51.3 Å². The molecule has 5 heteroatoms. The van der Waals surface area contributed by atoms with Gasteiger partial charge in [0, 0.05) is 25.5 Å². The van der Waals surface area contributed by atoms with E-state index in [4.69, 9.17) is 4.42 Å². The summed E-state index contributed by atoms with van der Waals surface area (Å²) in [5.74, 6) is 1.27. The standard InChI is InChI=1S/C18H23N3O2/c22-17(20-12-9-18(14-20)7-2-1-3-8-18)16-6-5-15(23-16)13-21-11-4-10-19-21/h4-6,10-11H,1-3,7-9,12-14H2. The lowest BCUT2D eigenvalue weighted by Crippen LogP contribution is -2.33. The Morgan fingerprint density at radius 1 is 1.22 bits per heavy atom. The van der Waals surface area contributed by atoms with Gasteiger partial charge in [-0.1, -0.05) is 19.3 Å². The van der Waals surface area contributed by atoms with Crippen LogP contribution in [0.1, 0.15) is 54.8 Å². The average molecular weight is 313 g/mol. The smallest absolute Gasteiger partial charge is 0.289 e. The zero-order valence-electron chi connectivity index (χ0n) is 13.4. The second-order valence-corrected chi connectivity index (χ2v) is 7.01. The van der Waals surface area contributed by atoms with Gasteiger partial charge in [0.25, 0.3) is 5.91 Å². The highest BCUT2D eigenvalue weighted by atomic mass is 16.4. The van der Waals surface area contributed by atoms with E-state index in [1.54, 1.807) is 16.9 Å². The maximum absolute atomic E-state index is 12.7. The van der Waals surface area contributed by atoms with Crippen LogP contribution in [-0.4, -0.2) is 33.7 Å². The van der Waals surface area contributed by atoms with E-state index >= 15 is 0 Å². The van der Waals surface area contributed by atoms with Gasteiger partial charge >= 0.3 is 0 Å². The van der Waals surface area contributed by atoms with E-state index in [0.717, 1.165) is 25.3 Å². The summed E-state index contributed by atoms with van der Waals surface area (Å²) in [5, 5.41) is 4.16. The molecular weight excluding hydrogens is 290 g/mol. The number of aromatic nitrogens is 2. The molecule has 0 unspecified atom stereocenters. The molecule has 0 atom stereocenters. The number of carbonyl (C=O) groups is 1. The average Bonchev–Trinajstić information content (AvgIpc) is 3.30. The zero-order chi connectivity index (χ0) is 15.7. The van der Waals surface area contributed by atoms with Crippen LogP contribution in [0.3, 0.4) is 0 Å². The number of likely N-dealkylation sites (tertiary alicyclic amines) is 1. The van der Waals surface area contributed by atoms with Crippen molar-refractivity contribution in [3.8, 4) is 0 Å². The van der Waals surface area contributed by atoms with E-state index in [9.17, 15) is 4.79 Å². The monoisotopic (exact) mass is 313 g/mol. The van der Waals surface area contributed by atoms with Gasteiger partial charge in [-0.25, -0.2) is 0 Å². The number of hydrogen-bond donors (Lipinski definition) is 0. The van der Waals surface area contributed by atoms with Gasteiger partial charge in [-0.15, -0.1) is 0 Å². The Labute approximate surface area is 136 Å². The molecule has 0 radical (unpaired) electrons. The van der Waals surface area contributed by atoms with Gasteiger partial charge in [0.1, 0.15) is 5.76 Å². The lowest BCUT2D eigenvalue weighted by molar-refractivity contribution is 0.0725. The minimum Gasteiger partial charge on any atom is -0.454 e. The van der Waals surface area contributed by atoms with Crippen molar-refractivity contribution in [2.24, 2.45) is 5.41 Å². The molecule has 3 heterocycles. The summed E-state index contributed by atoms with van der Waals surface area (Å²) >= 11 is 0. The third-order valence-electron chi connectivity index (χ3n) is 5.39. The molecule has 2 fully saturated rings. The lowest BCUT2D eigenvalue weighted by atomic mass is 9.73. The van der Waals surface area contributed by atoms with Gasteiger partial charge in [-0.3, -0.25) is 9.48 Å². The molecular formula is C18H23N3O2. The van der Waals surface area contributed by atoms with Crippen LogP contribution in [0.15, 0.2) is 35.0 Å². The minimum atomic E-state index is 0.0409. The van der Waals surface area contributed by atoms with Crippen molar-refractivity contribution in [1.82, 2.24) is 14.7 Å². The Hall–Kier alpha value is -2.04. The van der Waals surface area contributed by atoms with Crippen molar-refractivity contribution in [3.05, 3.63) is 42.1 Å². The quantitative estimate of drug-likeness (QED) is 0.873. The lowest BCUT2D eigenvalue weighted by Gasteiger charge is -2.33. The number of nitrogens with zero attached hydrogens (tertiary/aromatic N) is 3. The highest BCUT2D eigenvalue weighted by Crippen LogP contribution is 2.43. The number of furan rings is 1. The van der Waals surface area contributed by atoms with E-state index in [1.807, 2.05) is 23.2 Å². The van der Waals surface area contributed by atoms with Gasteiger partial charge in [-0.05, 0) is 42.9 Å². The highest BCUT2D eigenvalue weighted by molar-refractivity contribution is 5.91. The fourth-order valence-corrected chi connectivity index (χ4v) is 4.11. The molecule has 2 aromatic rings. The molecule has 1 saturated carbocycles. The molecule has 2 aliphatic rings. The third-order valence-corrected chi connectivity index (χ3v) is 5.39. The maximum Gasteiger partial charge on any atom is 0.289 e. The predicted molar refractivity (Wildman–Crippen MR) is 86.1 cm³/mol. The van der Waals surface area contributed by atoms with Crippen LogP contribution in [0.4, 0.5) is 0 Å². The summed E-state index contributed by atoms with van der Waals surface area (Å²) in [6.45, 7) is 2.33. The fourth-order valence-electron chi connectivity index (χ4n) is 4.11. The van der Waals surface area contributed by atoms with Crippen molar-refractivity contribution in [3.63, 3.8) is 0 Å². The molecule has 1 spiro atoms. The van der Waals surface area contributed by atoms with E-state index in [2.05, 4.69) is 5.10 Å².